The predicted octanol–water partition coefficient (Wildman–Crippen LogP) is 1.88. The van der Waals surface area contributed by atoms with Gasteiger partial charge in [-0.05, 0) is 18.4 Å². The van der Waals surface area contributed by atoms with Gasteiger partial charge in [0.05, 0.1) is 18.1 Å². The van der Waals surface area contributed by atoms with Crippen LogP contribution in [-0.2, 0) is 38.1 Å². The SMILES string of the molecule is CCCN(CCCl)P(=O)(OCCS(=O)(=O)C[C@H](NC(=O)CC[C@H](N)C(=O)O)C(=O)N[C@@H](C(=O)O)c1ccccc1)N(CCCl)CCCl. The topological polar surface area (TPSA) is 226 Å². The van der Waals surface area contributed by atoms with Crippen LogP contribution in [-0.4, -0.2) is 126 Å². The fraction of sp³-hybridized carbons (Fsp3) is 0.630. The molecule has 6 N–H and O–H groups in total. The van der Waals surface area contributed by atoms with Gasteiger partial charge >= 0.3 is 19.6 Å². The van der Waals surface area contributed by atoms with Crippen molar-refractivity contribution in [3.63, 3.8) is 0 Å². The van der Waals surface area contributed by atoms with Crippen molar-refractivity contribution in [3.05, 3.63) is 35.9 Å². The number of hydrogen-bond donors (Lipinski definition) is 5. The first-order valence-corrected chi connectivity index (χ1v) is 19.6. The monoisotopic (exact) mass is 765 g/mol. The minimum Gasteiger partial charge on any atom is -0.480 e. The largest absolute Gasteiger partial charge is 0.480 e. The van der Waals surface area contributed by atoms with Crippen LogP contribution in [0.1, 0.15) is 37.8 Å². The molecule has 268 valence electrons. The van der Waals surface area contributed by atoms with Gasteiger partial charge in [0.25, 0.3) is 0 Å². The van der Waals surface area contributed by atoms with Crippen LogP contribution in [0.4, 0.5) is 0 Å². The maximum absolute atomic E-state index is 14.3. The fourth-order valence-corrected chi connectivity index (χ4v) is 9.14. The number of aliphatic carboxylic acids is 2. The van der Waals surface area contributed by atoms with Crippen molar-refractivity contribution in [2.24, 2.45) is 5.73 Å². The molecule has 47 heavy (non-hydrogen) atoms. The summed E-state index contributed by atoms with van der Waals surface area (Å²) in [6.45, 7) is 1.97. The van der Waals surface area contributed by atoms with E-state index in [0.717, 1.165) is 0 Å². The maximum atomic E-state index is 14.3. The number of halogens is 3. The molecule has 0 bridgehead atoms. The Morgan fingerprint density at radius 2 is 1.49 bits per heavy atom. The van der Waals surface area contributed by atoms with Crippen LogP contribution >= 0.6 is 42.5 Å². The molecule has 15 nitrogen and oxygen atoms in total. The van der Waals surface area contributed by atoms with Crippen molar-refractivity contribution in [2.75, 3.05) is 61.9 Å². The molecule has 0 saturated carbocycles. The molecule has 0 aliphatic heterocycles. The molecule has 2 amide bonds. The Labute approximate surface area is 289 Å². The van der Waals surface area contributed by atoms with E-state index < -0.39 is 83.9 Å². The summed E-state index contributed by atoms with van der Waals surface area (Å²) in [5.74, 6) is -6.28. The zero-order chi connectivity index (χ0) is 35.6. The molecule has 1 rings (SSSR count). The van der Waals surface area contributed by atoms with Gasteiger partial charge < -0.3 is 31.1 Å². The lowest BCUT2D eigenvalue weighted by Crippen LogP contribution is -2.52. The number of alkyl halides is 3. The van der Waals surface area contributed by atoms with Crippen molar-refractivity contribution in [2.45, 2.75) is 44.3 Å². The molecule has 0 aliphatic rings. The average Bonchev–Trinajstić information content (AvgIpc) is 3.01. The molecular formula is C27H43Cl3N5O10PS. The van der Waals surface area contributed by atoms with E-state index in [1.807, 2.05) is 6.92 Å². The molecule has 1 aromatic rings. The van der Waals surface area contributed by atoms with E-state index in [1.54, 1.807) is 18.2 Å². The Morgan fingerprint density at radius 1 is 0.936 bits per heavy atom. The molecule has 1 aromatic carbocycles. The second-order valence-electron chi connectivity index (χ2n) is 10.2. The van der Waals surface area contributed by atoms with Gasteiger partial charge in [-0.15, -0.1) is 34.8 Å². The van der Waals surface area contributed by atoms with Crippen LogP contribution in [0.5, 0.6) is 0 Å². The first-order valence-electron chi connectivity index (χ1n) is 14.6. The number of rotatable bonds is 25. The van der Waals surface area contributed by atoms with Crippen LogP contribution < -0.4 is 16.4 Å². The Morgan fingerprint density at radius 3 is 1.98 bits per heavy atom. The van der Waals surface area contributed by atoms with Crippen molar-refractivity contribution in [3.8, 4) is 0 Å². The molecule has 1 unspecified atom stereocenters. The van der Waals surface area contributed by atoms with Gasteiger partial charge in [-0.3, -0.25) is 18.9 Å². The van der Waals surface area contributed by atoms with Crippen molar-refractivity contribution in [1.82, 2.24) is 20.0 Å². The number of carbonyl (C=O) groups is 4. The highest BCUT2D eigenvalue weighted by Gasteiger charge is 2.39. The second kappa shape index (κ2) is 21.9. The number of sulfone groups is 1. The quantitative estimate of drug-likeness (QED) is 0.0709. The molecule has 0 aromatic heterocycles. The van der Waals surface area contributed by atoms with Gasteiger partial charge in [-0.1, -0.05) is 37.3 Å². The lowest BCUT2D eigenvalue weighted by Gasteiger charge is -2.37. The highest BCUT2D eigenvalue weighted by molar-refractivity contribution is 7.91. The highest BCUT2D eigenvalue weighted by atomic mass is 35.5. The van der Waals surface area contributed by atoms with Crippen LogP contribution in [0.2, 0.25) is 0 Å². The van der Waals surface area contributed by atoms with Crippen LogP contribution in [0.15, 0.2) is 30.3 Å². The lowest BCUT2D eigenvalue weighted by molar-refractivity contribution is -0.142. The summed E-state index contributed by atoms with van der Waals surface area (Å²) in [6, 6.07) is 2.84. The van der Waals surface area contributed by atoms with E-state index in [1.165, 1.54) is 21.5 Å². The number of nitrogens with zero attached hydrogens (tertiary/aromatic N) is 2. The molecule has 0 fully saturated rings. The average molecular weight is 767 g/mol. The lowest BCUT2D eigenvalue weighted by atomic mass is 10.1. The molecule has 20 heteroatoms. The number of carboxylic acids is 2. The van der Waals surface area contributed by atoms with E-state index in [4.69, 9.17) is 50.2 Å². The van der Waals surface area contributed by atoms with Crippen LogP contribution in [0.3, 0.4) is 0 Å². The van der Waals surface area contributed by atoms with Gasteiger partial charge in [0.1, 0.15) is 12.1 Å². The van der Waals surface area contributed by atoms with E-state index >= 15 is 0 Å². The Balaban J connectivity index is 3.26. The number of hydrogen-bond acceptors (Lipinski definition) is 9. The number of nitrogens with two attached hydrogens (primary N) is 1. The van der Waals surface area contributed by atoms with Crippen LogP contribution in [0, 0.1) is 0 Å². The summed E-state index contributed by atoms with van der Waals surface area (Å²) in [5, 5.41) is 23.2. The van der Waals surface area contributed by atoms with Gasteiger partial charge in [0, 0.05) is 50.2 Å². The zero-order valence-electron chi connectivity index (χ0n) is 25.9. The van der Waals surface area contributed by atoms with Gasteiger partial charge in [-0.2, -0.15) is 0 Å². The number of benzene rings is 1. The zero-order valence-corrected chi connectivity index (χ0v) is 29.9. The first-order chi connectivity index (χ1) is 22.1. The van der Waals surface area contributed by atoms with Gasteiger partial charge in [-0.25, -0.2) is 22.6 Å². The minimum absolute atomic E-state index is 0.0809. The van der Waals surface area contributed by atoms with E-state index in [-0.39, 0.29) is 49.3 Å². The van der Waals surface area contributed by atoms with Crippen molar-refractivity contribution in [1.29, 1.82) is 0 Å². The third-order valence-electron chi connectivity index (χ3n) is 6.62. The number of nitrogens with one attached hydrogen (secondary N) is 2. The van der Waals surface area contributed by atoms with E-state index in [2.05, 4.69) is 10.6 Å². The van der Waals surface area contributed by atoms with E-state index in [0.29, 0.717) is 13.0 Å². The first kappa shape index (κ1) is 43.0. The summed E-state index contributed by atoms with van der Waals surface area (Å²) < 4.78 is 49.6. The summed E-state index contributed by atoms with van der Waals surface area (Å²) >= 11 is 17.8. The van der Waals surface area contributed by atoms with Crippen molar-refractivity contribution < 1.29 is 46.9 Å². The minimum atomic E-state index is -4.26. The van der Waals surface area contributed by atoms with Gasteiger partial charge in [0.2, 0.25) is 11.8 Å². The normalized spacial score (nSPS) is 15.0. The Kier molecular flexibility index (Phi) is 20.0. The predicted molar refractivity (Wildman–Crippen MR) is 180 cm³/mol. The van der Waals surface area contributed by atoms with E-state index in [9.17, 15) is 37.3 Å². The Hall–Kier alpha value is -2.01. The third kappa shape index (κ3) is 15.0. The Bertz CT molecular complexity index is 1280. The molecule has 0 heterocycles. The summed E-state index contributed by atoms with van der Waals surface area (Å²) in [7, 11) is -8.15. The smallest absolute Gasteiger partial charge is 0.346 e. The van der Waals surface area contributed by atoms with Gasteiger partial charge in [0.15, 0.2) is 15.9 Å². The summed E-state index contributed by atoms with van der Waals surface area (Å²) in [6.07, 6.45) is -0.202. The molecular weight excluding hydrogens is 724 g/mol. The molecule has 0 radical (unpaired) electrons. The number of carboxylic acid groups (broad SMARTS) is 2. The standard InChI is InChI=1S/C27H43Cl3N5O10PS/c1-2-13-34(14-10-28)46(42,35(15-11-29)16-12-30)45-17-18-47(43,44)19-22(32-23(36)9-8-21(31)26(38)39)25(37)33-24(27(40)41)20-6-4-3-5-7-20/h3-7,21-22,24H,2,8-19,31H2,1H3,(H,32,36)(H,33,37)(H,38,39)(H,40,41)/t21-,22-,24+,46?/m0/s1. The third-order valence-corrected chi connectivity index (χ3v) is 11.5. The second-order valence-corrected chi connectivity index (χ2v) is 15.9. The van der Waals surface area contributed by atoms with Crippen LogP contribution in [0.25, 0.3) is 0 Å². The highest BCUT2D eigenvalue weighted by Crippen LogP contribution is 2.54. The number of amides is 2. The molecule has 0 saturated heterocycles. The maximum Gasteiger partial charge on any atom is 0.346 e. The molecule has 0 aliphatic carbocycles. The molecule has 0 spiro atoms. The summed E-state index contributed by atoms with van der Waals surface area (Å²) in [4.78, 5) is 48.9. The van der Waals surface area contributed by atoms with Crippen molar-refractivity contribution >= 4 is 76.1 Å². The summed E-state index contributed by atoms with van der Waals surface area (Å²) in [5.41, 5.74) is 5.63. The fourth-order valence-electron chi connectivity index (χ4n) is 4.28. The molecule has 4 atom stereocenters. The number of carbonyl (C=O) groups excluding carboxylic acids is 2.